The molecule has 1 fully saturated rings. The Morgan fingerprint density at radius 2 is 0.976 bits per heavy atom. The second-order valence-electron chi connectivity index (χ2n) is 8.71. The number of rotatable bonds is 3. The molecule has 0 aromatic rings. The van der Waals surface area contributed by atoms with Crippen molar-refractivity contribution in [2.75, 3.05) is 52.4 Å². The predicted octanol–water partition coefficient (Wildman–Crippen LogP) is 4.08. The molecule has 0 unspecified atom stereocenters. The lowest BCUT2D eigenvalue weighted by molar-refractivity contribution is -0.274. The summed E-state index contributed by atoms with van der Waals surface area (Å²) in [4.78, 5) is 35.9. The zero-order chi connectivity index (χ0) is 33.4. The monoisotopic (exact) mass is 654 g/mol. The molecule has 0 radical (unpaired) electrons. The molecule has 0 bridgehead atoms. The summed E-state index contributed by atoms with van der Waals surface area (Å²) in [6.45, 7) is -4.12. The Hall–Kier alpha value is -2.68. The zero-order valence-electron chi connectivity index (χ0n) is 21.4. The first-order valence-corrected chi connectivity index (χ1v) is 11.5. The molecule has 1 heterocycles. The molecule has 1 rings (SSSR count). The van der Waals surface area contributed by atoms with Crippen LogP contribution in [0.15, 0.2) is 0 Å². The molecule has 0 aromatic carbocycles. The largest absolute Gasteiger partial charge is 0.463 e. The summed E-state index contributed by atoms with van der Waals surface area (Å²) in [6, 6.07) is 0. The second-order valence-corrected chi connectivity index (χ2v) is 8.71. The average molecular weight is 654 g/mol. The maximum absolute atomic E-state index is 13.6. The van der Waals surface area contributed by atoms with Crippen LogP contribution < -0.4 is 5.32 Å². The van der Waals surface area contributed by atoms with E-state index in [1.165, 1.54) is 0 Å². The second kappa shape index (κ2) is 14.7. The molecule has 1 saturated heterocycles. The normalized spacial score (nSPS) is 18.0. The first-order valence-electron chi connectivity index (χ1n) is 11.5. The molecule has 1 N–H and O–H groups in total. The van der Waals surface area contributed by atoms with E-state index in [1.54, 1.807) is 0 Å². The van der Waals surface area contributed by atoms with Crippen molar-refractivity contribution in [1.82, 2.24) is 20.0 Å². The molecule has 7 nitrogen and oxygen atoms in total. The van der Waals surface area contributed by atoms with Gasteiger partial charge in [-0.15, -0.1) is 0 Å². The SMILES string of the molecule is CC(F)(F)C(F)(F)F.O=CN1CCCNCCN(C(=O)C(F)(F)C(F)(F)F)CCCN(C(=O)C(F)(F)C(F)(F)F)CC1. The van der Waals surface area contributed by atoms with E-state index < -0.39 is 87.3 Å². The number of alkyl halides is 15. The van der Waals surface area contributed by atoms with Crippen LogP contribution in [0, 0.1) is 0 Å². The highest BCUT2D eigenvalue weighted by atomic mass is 19.4. The Morgan fingerprint density at radius 3 is 1.33 bits per heavy atom. The van der Waals surface area contributed by atoms with Gasteiger partial charge in [0.25, 0.3) is 0 Å². The fraction of sp³-hybridized carbons (Fsp3) is 0.850. The molecule has 3 amide bonds. The Morgan fingerprint density at radius 1 is 0.571 bits per heavy atom. The van der Waals surface area contributed by atoms with E-state index in [-0.39, 0.29) is 49.2 Å². The topological polar surface area (TPSA) is 73.0 Å². The quantitative estimate of drug-likeness (QED) is 0.368. The fourth-order valence-corrected chi connectivity index (χ4v) is 2.93. The van der Waals surface area contributed by atoms with Crippen molar-refractivity contribution < 1.29 is 80.2 Å². The van der Waals surface area contributed by atoms with Gasteiger partial charge in [-0.05, 0) is 19.4 Å². The van der Waals surface area contributed by atoms with Crippen molar-refractivity contribution in [2.24, 2.45) is 0 Å². The lowest BCUT2D eigenvalue weighted by atomic mass is 10.2. The number of halogens is 15. The smallest absolute Gasteiger partial charge is 0.343 e. The van der Waals surface area contributed by atoms with Crippen molar-refractivity contribution >= 4 is 18.2 Å². The third-order valence-electron chi connectivity index (χ3n) is 5.34. The average Bonchev–Trinajstić information content (AvgIpc) is 2.81. The predicted molar refractivity (Wildman–Crippen MR) is 112 cm³/mol. The van der Waals surface area contributed by atoms with Crippen LogP contribution in [0.3, 0.4) is 0 Å². The van der Waals surface area contributed by atoms with Crippen molar-refractivity contribution in [3.8, 4) is 0 Å². The molecular formula is C20H25F15N4O3. The van der Waals surface area contributed by atoms with Gasteiger partial charge in [-0.25, -0.2) is 0 Å². The first kappa shape index (κ1) is 39.3. The summed E-state index contributed by atoms with van der Waals surface area (Å²) < 4.78 is 184. The van der Waals surface area contributed by atoms with Gasteiger partial charge in [0.1, 0.15) is 0 Å². The van der Waals surface area contributed by atoms with Crippen LogP contribution in [0.4, 0.5) is 65.9 Å². The number of nitrogens with zero attached hydrogens (tertiary/aromatic N) is 3. The van der Waals surface area contributed by atoms with Gasteiger partial charge in [-0.3, -0.25) is 14.4 Å². The van der Waals surface area contributed by atoms with Gasteiger partial charge in [-0.1, -0.05) is 0 Å². The van der Waals surface area contributed by atoms with Gasteiger partial charge < -0.3 is 20.0 Å². The third-order valence-corrected chi connectivity index (χ3v) is 5.34. The van der Waals surface area contributed by atoms with Gasteiger partial charge in [0.15, 0.2) is 0 Å². The number of amides is 3. The van der Waals surface area contributed by atoms with Crippen LogP contribution in [0.25, 0.3) is 0 Å². The molecule has 1 aliphatic rings. The van der Waals surface area contributed by atoms with Crippen molar-refractivity contribution in [1.29, 1.82) is 0 Å². The van der Waals surface area contributed by atoms with Gasteiger partial charge in [0, 0.05) is 52.7 Å². The first-order chi connectivity index (χ1) is 18.7. The molecule has 0 atom stereocenters. The Kier molecular flexibility index (Phi) is 13.7. The molecule has 0 aliphatic carbocycles. The lowest BCUT2D eigenvalue weighted by Crippen LogP contribution is -2.55. The van der Waals surface area contributed by atoms with Crippen LogP contribution in [-0.4, -0.2) is 122 Å². The van der Waals surface area contributed by atoms with Crippen LogP contribution >= 0.6 is 0 Å². The van der Waals surface area contributed by atoms with Crippen molar-refractivity contribution in [3.63, 3.8) is 0 Å². The number of carbonyl (C=O) groups excluding carboxylic acids is 3. The Bertz CT molecular complexity index is 874. The third kappa shape index (κ3) is 11.2. The summed E-state index contributed by atoms with van der Waals surface area (Å²) in [7, 11) is 0. The van der Waals surface area contributed by atoms with Crippen molar-refractivity contribution in [2.45, 2.75) is 56.1 Å². The fourth-order valence-electron chi connectivity index (χ4n) is 2.93. The molecule has 0 spiro atoms. The summed E-state index contributed by atoms with van der Waals surface area (Å²) in [6.07, 6.45) is -18.1. The lowest BCUT2D eigenvalue weighted by Gasteiger charge is -2.32. The van der Waals surface area contributed by atoms with Gasteiger partial charge >= 0.3 is 48.1 Å². The van der Waals surface area contributed by atoms with Crippen LogP contribution in [0.1, 0.15) is 19.8 Å². The number of carbonyl (C=O) groups is 3. The molecule has 1 aliphatic heterocycles. The van der Waals surface area contributed by atoms with Crippen LogP contribution in [0.5, 0.6) is 0 Å². The Balaban J connectivity index is 0.00000183. The maximum atomic E-state index is 13.6. The molecule has 0 aromatic heterocycles. The van der Waals surface area contributed by atoms with Gasteiger partial charge in [0.05, 0.1) is 0 Å². The summed E-state index contributed by atoms with van der Waals surface area (Å²) in [5, 5.41) is 2.67. The molecule has 42 heavy (non-hydrogen) atoms. The highest BCUT2D eigenvalue weighted by Crippen LogP contribution is 2.38. The van der Waals surface area contributed by atoms with E-state index in [9.17, 15) is 80.2 Å². The standard InChI is InChI=1S/C17H22F10N4O3.C3H3F5/c18-14(19,16(22,23)24)12(33)30-6-2-7-31(13(34)15(20,21)17(25,26)27)10-9-29(11-32)5-1-3-28-4-8-30;1-2(4,5)3(6,7)8/h11,28H,1-10H2;1H3. The van der Waals surface area contributed by atoms with E-state index >= 15 is 0 Å². The minimum Gasteiger partial charge on any atom is -0.343 e. The Labute approximate surface area is 227 Å². The van der Waals surface area contributed by atoms with Crippen LogP contribution in [-0.2, 0) is 14.4 Å². The molecule has 248 valence electrons. The highest BCUT2D eigenvalue weighted by Gasteiger charge is 2.65. The van der Waals surface area contributed by atoms with E-state index in [0.29, 0.717) is 0 Å². The van der Waals surface area contributed by atoms with Crippen molar-refractivity contribution in [3.05, 3.63) is 0 Å². The summed E-state index contributed by atoms with van der Waals surface area (Å²) in [5.74, 6) is -21.4. The summed E-state index contributed by atoms with van der Waals surface area (Å²) in [5.41, 5.74) is 0. The minimum absolute atomic E-state index is 0.0248. The van der Waals surface area contributed by atoms with E-state index in [4.69, 9.17) is 0 Å². The summed E-state index contributed by atoms with van der Waals surface area (Å²) >= 11 is 0. The molecule has 0 saturated carbocycles. The number of hydrogen-bond donors (Lipinski definition) is 1. The van der Waals surface area contributed by atoms with E-state index in [2.05, 4.69) is 5.32 Å². The number of nitrogens with one attached hydrogen (secondary N) is 1. The zero-order valence-corrected chi connectivity index (χ0v) is 21.4. The van der Waals surface area contributed by atoms with E-state index in [0.717, 1.165) is 4.90 Å². The maximum Gasteiger partial charge on any atom is 0.463 e. The van der Waals surface area contributed by atoms with Gasteiger partial charge in [-0.2, -0.15) is 65.9 Å². The van der Waals surface area contributed by atoms with E-state index in [1.807, 2.05) is 0 Å². The highest BCUT2D eigenvalue weighted by molar-refractivity contribution is 5.85. The molecular weight excluding hydrogens is 629 g/mol. The number of hydrogen-bond acceptors (Lipinski definition) is 4. The molecule has 22 heteroatoms. The van der Waals surface area contributed by atoms with Gasteiger partial charge in [0.2, 0.25) is 6.41 Å². The minimum atomic E-state index is -6.25. The van der Waals surface area contributed by atoms with Crippen LogP contribution in [0.2, 0.25) is 0 Å².